The molecule has 1 amide bonds. The average molecular weight is 391 g/mol. The lowest BCUT2D eigenvalue weighted by atomic mass is 9.98. The molecule has 0 saturated carbocycles. The monoisotopic (exact) mass is 389 g/mol. The predicted molar refractivity (Wildman–Crippen MR) is 104 cm³/mol. The SMILES string of the molecule is O=C(N[C@H](c1ccccc1)c1ccc(Cl)cc1)c1ccc(Cl)c(Cl)c1. The summed E-state index contributed by atoms with van der Waals surface area (Å²) in [7, 11) is 0. The summed E-state index contributed by atoms with van der Waals surface area (Å²) in [5.41, 5.74) is 2.35. The minimum Gasteiger partial charge on any atom is -0.341 e. The van der Waals surface area contributed by atoms with Gasteiger partial charge in [-0.05, 0) is 41.5 Å². The van der Waals surface area contributed by atoms with Crippen LogP contribution in [-0.2, 0) is 0 Å². The van der Waals surface area contributed by atoms with Gasteiger partial charge in [0.05, 0.1) is 16.1 Å². The number of rotatable bonds is 4. The van der Waals surface area contributed by atoms with Crippen molar-refractivity contribution in [3.63, 3.8) is 0 Å². The van der Waals surface area contributed by atoms with Gasteiger partial charge in [-0.25, -0.2) is 0 Å². The van der Waals surface area contributed by atoms with Crippen molar-refractivity contribution in [3.8, 4) is 0 Å². The highest BCUT2D eigenvalue weighted by molar-refractivity contribution is 6.42. The smallest absolute Gasteiger partial charge is 0.252 e. The van der Waals surface area contributed by atoms with E-state index in [1.54, 1.807) is 30.3 Å². The van der Waals surface area contributed by atoms with E-state index in [1.165, 1.54) is 0 Å². The molecule has 2 nitrogen and oxygen atoms in total. The van der Waals surface area contributed by atoms with Crippen LogP contribution >= 0.6 is 34.8 Å². The molecule has 0 fully saturated rings. The van der Waals surface area contributed by atoms with Crippen molar-refractivity contribution in [1.82, 2.24) is 5.32 Å². The van der Waals surface area contributed by atoms with Crippen LogP contribution in [-0.4, -0.2) is 5.91 Å². The highest BCUT2D eigenvalue weighted by Crippen LogP contribution is 2.26. The molecule has 0 aliphatic rings. The molecule has 25 heavy (non-hydrogen) atoms. The standard InChI is InChI=1S/C20H14Cl3NO/c21-16-9-6-14(7-10-16)19(13-4-2-1-3-5-13)24-20(25)15-8-11-17(22)18(23)12-15/h1-12,19H,(H,24,25)/t19-/m1/s1. The van der Waals surface area contributed by atoms with Crippen molar-refractivity contribution in [2.24, 2.45) is 0 Å². The molecule has 126 valence electrons. The fourth-order valence-corrected chi connectivity index (χ4v) is 2.94. The molecule has 1 atom stereocenters. The molecule has 0 unspecified atom stereocenters. The largest absolute Gasteiger partial charge is 0.341 e. The van der Waals surface area contributed by atoms with Crippen LogP contribution < -0.4 is 5.32 Å². The number of nitrogens with one attached hydrogen (secondary N) is 1. The highest BCUT2D eigenvalue weighted by Gasteiger charge is 2.18. The van der Waals surface area contributed by atoms with Crippen LogP contribution in [0.15, 0.2) is 72.8 Å². The molecule has 0 aliphatic carbocycles. The Balaban J connectivity index is 1.93. The average Bonchev–Trinajstić information content (AvgIpc) is 2.63. The molecule has 0 aromatic heterocycles. The lowest BCUT2D eigenvalue weighted by Gasteiger charge is -2.20. The van der Waals surface area contributed by atoms with Gasteiger partial charge in [0.1, 0.15) is 0 Å². The van der Waals surface area contributed by atoms with E-state index in [9.17, 15) is 4.79 Å². The van der Waals surface area contributed by atoms with Crippen molar-refractivity contribution in [2.75, 3.05) is 0 Å². The maximum atomic E-state index is 12.7. The summed E-state index contributed by atoms with van der Waals surface area (Å²) in [4.78, 5) is 12.7. The third-order valence-corrected chi connectivity index (χ3v) is 4.78. The van der Waals surface area contributed by atoms with E-state index in [-0.39, 0.29) is 11.9 Å². The van der Waals surface area contributed by atoms with Crippen molar-refractivity contribution in [2.45, 2.75) is 6.04 Å². The third-order valence-electron chi connectivity index (χ3n) is 3.79. The van der Waals surface area contributed by atoms with E-state index in [0.29, 0.717) is 20.6 Å². The number of hydrogen-bond donors (Lipinski definition) is 1. The lowest BCUT2D eigenvalue weighted by Crippen LogP contribution is -2.29. The molecule has 3 aromatic rings. The molecule has 0 bridgehead atoms. The van der Waals surface area contributed by atoms with Crippen molar-refractivity contribution < 1.29 is 4.79 Å². The number of carbonyl (C=O) groups excluding carboxylic acids is 1. The van der Waals surface area contributed by atoms with Crippen LogP contribution in [0.3, 0.4) is 0 Å². The summed E-state index contributed by atoms with van der Waals surface area (Å²) >= 11 is 17.9. The van der Waals surface area contributed by atoms with Crippen LogP contribution in [0.4, 0.5) is 0 Å². The maximum absolute atomic E-state index is 12.7. The molecule has 0 aliphatic heterocycles. The van der Waals surface area contributed by atoms with Crippen LogP contribution in [0.5, 0.6) is 0 Å². The molecule has 0 spiro atoms. The molecule has 0 heterocycles. The quantitative estimate of drug-likeness (QED) is 0.567. The number of halogens is 3. The van der Waals surface area contributed by atoms with Gasteiger partial charge in [0.2, 0.25) is 0 Å². The Morgan fingerprint density at radius 2 is 1.40 bits per heavy atom. The van der Waals surface area contributed by atoms with Gasteiger partial charge in [-0.2, -0.15) is 0 Å². The van der Waals surface area contributed by atoms with E-state index in [4.69, 9.17) is 34.8 Å². The Bertz CT molecular complexity index is 879. The zero-order valence-corrected chi connectivity index (χ0v) is 15.3. The normalized spacial score (nSPS) is 11.8. The van der Waals surface area contributed by atoms with Gasteiger partial charge in [-0.15, -0.1) is 0 Å². The number of hydrogen-bond acceptors (Lipinski definition) is 1. The van der Waals surface area contributed by atoms with Crippen molar-refractivity contribution in [3.05, 3.63) is 105 Å². The van der Waals surface area contributed by atoms with Gasteiger partial charge in [0.25, 0.3) is 5.91 Å². The summed E-state index contributed by atoms with van der Waals surface area (Å²) in [5.74, 6) is -0.234. The van der Waals surface area contributed by atoms with Crippen LogP contribution in [0.25, 0.3) is 0 Å². The number of benzene rings is 3. The highest BCUT2D eigenvalue weighted by atomic mass is 35.5. The summed E-state index contributed by atoms with van der Waals surface area (Å²) in [6.45, 7) is 0. The van der Waals surface area contributed by atoms with E-state index in [1.807, 2.05) is 42.5 Å². The molecule has 0 saturated heterocycles. The minimum absolute atomic E-state index is 0.234. The molecular formula is C20H14Cl3NO. The Morgan fingerprint density at radius 3 is 2.04 bits per heavy atom. The second kappa shape index (κ2) is 7.92. The Kier molecular flexibility index (Phi) is 5.64. The summed E-state index contributed by atoms with van der Waals surface area (Å²) in [6, 6.07) is 21.6. The molecule has 1 N–H and O–H groups in total. The van der Waals surface area contributed by atoms with Crippen LogP contribution in [0.2, 0.25) is 15.1 Å². The van der Waals surface area contributed by atoms with Gasteiger partial charge >= 0.3 is 0 Å². The zero-order chi connectivity index (χ0) is 17.8. The van der Waals surface area contributed by atoms with Crippen molar-refractivity contribution in [1.29, 1.82) is 0 Å². The van der Waals surface area contributed by atoms with Crippen LogP contribution in [0.1, 0.15) is 27.5 Å². The first-order valence-electron chi connectivity index (χ1n) is 7.61. The van der Waals surface area contributed by atoms with E-state index in [2.05, 4.69) is 5.32 Å². The fourth-order valence-electron chi connectivity index (χ4n) is 2.51. The van der Waals surface area contributed by atoms with Gasteiger partial charge in [-0.3, -0.25) is 4.79 Å². The number of amides is 1. The first kappa shape index (κ1) is 17.8. The molecule has 3 aromatic carbocycles. The fraction of sp³-hybridized carbons (Fsp3) is 0.0500. The van der Waals surface area contributed by atoms with Gasteiger partial charge < -0.3 is 5.32 Å². The van der Waals surface area contributed by atoms with E-state index < -0.39 is 0 Å². The predicted octanol–water partition coefficient (Wildman–Crippen LogP) is 6.17. The maximum Gasteiger partial charge on any atom is 0.252 e. The molecule has 0 radical (unpaired) electrons. The topological polar surface area (TPSA) is 29.1 Å². The van der Waals surface area contributed by atoms with Crippen LogP contribution in [0, 0.1) is 0 Å². The molecule has 5 heteroatoms. The van der Waals surface area contributed by atoms with Crippen molar-refractivity contribution >= 4 is 40.7 Å². The zero-order valence-electron chi connectivity index (χ0n) is 13.0. The Morgan fingerprint density at radius 1 is 0.760 bits per heavy atom. The summed E-state index contributed by atoms with van der Waals surface area (Å²) in [5, 5.41) is 4.45. The minimum atomic E-state index is -0.305. The van der Waals surface area contributed by atoms with Gasteiger partial charge in [0.15, 0.2) is 0 Å². The van der Waals surface area contributed by atoms with Gasteiger partial charge in [-0.1, -0.05) is 77.3 Å². The second-order valence-corrected chi connectivity index (χ2v) is 6.75. The molecule has 3 rings (SSSR count). The summed E-state index contributed by atoms with van der Waals surface area (Å²) in [6.07, 6.45) is 0. The Hall–Kier alpha value is -2.00. The first-order valence-corrected chi connectivity index (χ1v) is 8.74. The van der Waals surface area contributed by atoms with E-state index >= 15 is 0 Å². The number of carbonyl (C=O) groups is 1. The first-order chi connectivity index (χ1) is 12.0. The Labute approximate surface area is 161 Å². The lowest BCUT2D eigenvalue weighted by molar-refractivity contribution is 0.0943. The van der Waals surface area contributed by atoms with Gasteiger partial charge in [0, 0.05) is 10.6 Å². The van der Waals surface area contributed by atoms with E-state index in [0.717, 1.165) is 11.1 Å². The second-order valence-electron chi connectivity index (χ2n) is 5.50. The summed E-state index contributed by atoms with van der Waals surface area (Å²) < 4.78 is 0. The molecular weight excluding hydrogens is 377 g/mol. The third kappa shape index (κ3) is 4.35.